The average molecular weight is 190 g/mol. The zero-order valence-corrected chi connectivity index (χ0v) is 8.02. The van der Waals surface area contributed by atoms with Crippen LogP contribution in [0.2, 0.25) is 0 Å². The Labute approximate surface area is 84.1 Å². The quantitative estimate of drug-likeness (QED) is 0.719. The summed E-state index contributed by atoms with van der Waals surface area (Å²) < 4.78 is 5.28. The largest absolute Gasteiger partial charge is 0.386 e. The maximum absolute atomic E-state index is 9.24. The van der Waals surface area contributed by atoms with E-state index in [9.17, 15) is 5.11 Å². The summed E-state index contributed by atoms with van der Waals surface area (Å²) in [5.74, 6) is 0. The third-order valence-corrected chi connectivity index (χ3v) is 1.71. The minimum absolute atomic E-state index is 0.275. The van der Waals surface area contributed by atoms with Crippen LogP contribution in [0.3, 0.4) is 0 Å². The molecule has 2 nitrogen and oxygen atoms in total. The molecule has 0 aliphatic heterocycles. The van der Waals surface area contributed by atoms with Crippen molar-refractivity contribution in [3.05, 3.63) is 54.3 Å². The van der Waals surface area contributed by atoms with Crippen LogP contribution in [0.1, 0.15) is 5.56 Å². The second kappa shape index (κ2) is 6.17. The van der Waals surface area contributed by atoms with E-state index in [0.29, 0.717) is 6.61 Å². The first-order chi connectivity index (χ1) is 6.83. The summed E-state index contributed by atoms with van der Waals surface area (Å²) in [6.07, 6.45) is 0.863. The van der Waals surface area contributed by atoms with Crippen LogP contribution in [0.15, 0.2) is 48.7 Å². The van der Waals surface area contributed by atoms with Gasteiger partial charge < -0.3 is 9.84 Å². The monoisotopic (exact) mass is 190 g/mol. The van der Waals surface area contributed by atoms with Gasteiger partial charge in [0.2, 0.25) is 0 Å². The molecule has 1 aromatic rings. The predicted molar refractivity (Wildman–Crippen MR) is 55.8 cm³/mol. The van der Waals surface area contributed by atoms with Gasteiger partial charge in [0, 0.05) is 0 Å². The van der Waals surface area contributed by atoms with Crippen LogP contribution < -0.4 is 0 Å². The smallest absolute Gasteiger partial charge is 0.103 e. The molecule has 0 bridgehead atoms. The molecule has 1 rings (SSSR count). The highest BCUT2D eigenvalue weighted by molar-refractivity contribution is 5.13. The third-order valence-electron chi connectivity index (χ3n) is 1.71. The molecule has 0 saturated heterocycles. The Kier molecular flexibility index (Phi) is 4.73. The van der Waals surface area contributed by atoms with Crippen molar-refractivity contribution < 1.29 is 9.84 Å². The van der Waals surface area contributed by atoms with E-state index in [1.165, 1.54) is 6.08 Å². The Morgan fingerprint density at radius 3 is 2.79 bits per heavy atom. The lowest BCUT2D eigenvalue weighted by Gasteiger charge is -2.06. The van der Waals surface area contributed by atoms with Gasteiger partial charge in [-0.2, -0.15) is 0 Å². The first-order valence-corrected chi connectivity index (χ1v) is 4.48. The Morgan fingerprint density at radius 2 is 2.14 bits per heavy atom. The topological polar surface area (TPSA) is 29.5 Å². The molecule has 2 heteroatoms. The van der Waals surface area contributed by atoms with Crippen LogP contribution in [0.5, 0.6) is 0 Å². The number of aliphatic hydroxyl groups is 1. The summed E-state index contributed by atoms with van der Waals surface area (Å²) in [4.78, 5) is 0. The summed E-state index contributed by atoms with van der Waals surface area (Å²) in [5, 5.41) is 9.24. The van der Waals surface area contributed by atoms with Gasteiger partial charge in [0.05, 0.1) is 13.2 Å². The van der Waals surface area contributed by atoms with E-state index in [1.807, 2.05) is 30.3 Å². The molecule has 0 aliphatic rings. The number of benzene rings is 1. The Hall–Kier alpha value is -1.34. The maximum atomic E-state index is 9.24. The Bertz CT molecular complexity index is 299. The van der Waals surface area contributed by atoms with E-state index in [0.717, 1.165) is 5.56 Å². The number of ether oxygens (including phenoxy) is 1. The van der Waals surface area contributed by atoms with Crippen molar-refractivity contribution in [2.45, 2.75) is 12.7 Å². The van der Waals surface area contributed by atoms with Gasteiger partial charge in [0.15, 0.2) is 0 Å². The van der Waals surface area contributed by atoms with Gasteiger partial charge in [-0.3, -0.25) is 0 Å². The Morgan fingerprint density at radius 1 is 1.43 bits per heavy atom. The highest BCUT2D eigenvalue weighted by atomic mass is 16.5. The molecule has 1 N–H and O–H groups in total. The van der Waals surface area contributed by atoms with Gasteiger partial charge in [-0.15, -0.1) is 5.73 Å². The molecule has 0 radical (unpaired) electrons. The van der Waals surface area contributed by atoms with E-state index >= 15 is 0 Å². The van der Waals surface area contributed by atoms with Crippen molar-refractivity contribution in [3.63, 3.8) is 0 Å². The number of rotatable bonds is 5. The maximum Gasteiger partial charge on any atom is 0.103 e. The molecule has 74 valence electrons. The summed E-state index contributed by atoms with van der Waals surface area (Å²) in [6, 6.07) is 9.84. The average Bonchev–Trinajstić information content (AvgIpc) is 2.20. The SMILES string of the molecule is C=C=CC(O)COCc1ccccc1. The van der Waals surface area contributed by atoms with E-state index in [2.05, 4.69) is 12.3 Å². The van der Waals surface area contributed by atoms with Crippen molar-refractivity contribution in [1.29, 1.82) is 0 Å². The zero-order chi connectivity index (χ0) is 10.2. The summed E-state index contributed by atoms with van der Waals surface area (Å²) in [5.41, 5.74) is 3.61. The van der Waals surface area contributed by atoms with Crippen molar-refractivity contribution in [2.24, 2.45) is 0 Å². The Balaban J connectivity index is 2.25. The third kappa shape index (κ3) is 4.06. The van der Waals surface area contributed by atoms with E-state index in [4.69, 9.17) is 4.74 Å². The molecular formula is C12H14O2. The molecule has 1 aromatic carbocycles. The van der Waals surface area contributed by atoms with Gasteiger partial charge in [-0.05, 0) is 11.6 Å². The van der Waals surface area contributed by atoms with Crippen molar-refractivity contribution >= 4 is 0 Å². The first kappa shape index (κ1) is 10.7. The van der Waals surface area contributed by atoms with Crippen LogP contribution in [0.25, 0.3) is 0 Å². The van der Waals surface area contributed by atoms with Crippen LogP contribution in [0.4, 0.5) is 0 Å². The summed E-state index contributed by atoms with van der Waals surface area (Å²) in [7, 11) is 0. The van der Waals surface area contributed by atoms with Crippen LogP contribution >= 0.6 is 0 Å². The molecule has 0 saturated carbocycles. The van der Waals surface area contributed by atoms with Gasteiger partial charge >= 0.3 is 0 Å². The number of hydrogen-bond acceptors (Lipinski definition) is 2. The first-order valence-electron chi connectivity index (χ1n) is 4.48. The fourth-order valence-corrected chi connectivity index (χ4v) is 1.06. The fraction of sp³-hybridized carbons (Fsp3) is 0.250. The van der Waals surface area contributed by atoms with Crippen LogP contribution in [0, 0.1) is 0 Å². The minimum Gasteiger partial charge on any atom is -0.386 e. The van der Waals surface area contributed by atoms with Crippen molar-refractivity contribution in [1.82, 2.24) is 0 Å². The van der Waals surface area contributed by atoms with Gasteiger partial charge in [-0.1, -0.05) is 36.9 Å². The van der Waals surface area contributed by atoms with Crippen molar-refractivity contribution in [2.75, 3.05) is 6.61 Å². The number of hydrogen-bond donors (Lipinski definition) is 1. The van der Waals surface area contributed by atoms with Crippen LogP contribution in [-0.2, 0) is 11.3 Å². The van der Waals surface area contributed by atoms with E-state index < -0.39 is 6.10 Å². The molecule has 1 unspecified atom stereocenters. The summed E-state index contributed by atoms with van der Waals surface area (Å²) in [6.45, 7) is 4.16. The molecule has 0 aromatic heterocycles. The lowest BCUT2D eigenvalue weighted by molar-refractivity contribution is 0.0504. The fourth-order valence-electron chi connectivity index (χ4n) is 1.06. The second-order valence-electron chi connectivity index (χ2n) is 2.94. The van der Waals surface area contributed by atoms with Gasteiger partial charge in [0.25, 0.3) is 0 Å². The molecular weight excluding hydrogens is 176 g/mol. The predicted octanol–water partition coefficient (Wildman–Crippen LogP) is 1.91. The van der Waals surface area contributed by atoms with Gasteiger partial charge in [-0.25, -0.2) is 0 Å². The lowest BCUT2D eigenvalue weighted by atomic mass is 10.2. The van der Waals surface area contributed by atoms with Crippen molar-refractivity contribution in [3.8, 4) is 0 Å². The molecule has 1 atom stereocenters. The van der Waals surface area contributed by atoms with E-state index in [-0.39, 0.29) is 6.61 Å². The van der Waals surface area contributed by atoms with E-state index in [1.54, 1.807) is 0 Å². The highest BCUT2D eigenvalue weighted by Gasteiger charge is 1.98. The molecule has 0 aliphatic carbocycles. The normalized spacial score (nSPS) is 11.8. The molecule has 0 amide bonds. The zero-order valence-electron chi connectivity index (χ0n) is 8.02. The van der Waals surface area contributed by atoms with Gasteiger partial charge in [0.1, 0.15) is 6.10 Å². The highest BCUT2D eigenvalue weighted by Crippen LogP contribution is 2.00. The molecule has 0 fully saturated rings. The second-order valence-corrected chi connectivity index (χ2v) is 2.94. The number of aliphatic hydroxyl groups excluding tert-OH is 1. The molecule has 0 spiro atoms. The summed E-state index contributed by atoms with van der Waals surface area (Å²) >= 11 is 0. The standard InChI is InChI=1S/C12H14O2/c1-2-6-12(13)10-14-9-11-7-4-3-5-8-11/h3-8,12-13H,1,9-10H2. The van der Waals surface area contributed by atoms with Crippen LogP contribution in [-0.4, -0.2) is 17.8 Å². The molecule has 14 heavy (non-hydrogen) atoms. The minimum atomic E-state index is -0.615. The molecule has 0 heterocycles. The lowest BCUT2D eigenvalue weighted by Crippen LogP contribution is -2.11.